The Morgan fingerprint density at radius 3 is 2.08 bits per heavy atom. The highest BCUT2D eigenvalue weighted by Gasteiger charge is 2.75. The summed E-state index contributed by atoms with van der Waals surface area (Å²) >= 11 is 0. The van der Waals surface area contributed by atoms with Crippen molar-refractivity contribution in [2.45, 2.75) is 11.9 Å². The van der Waals surface area contributed by atoms with Crippen LogP contribution in [0.2, 0.25) is 0 Å². The van der Waals surface area contributed by atoms with Crippen LogP contribution in [0.5, 0.6) is 0 Å². The Morgan fingerprint density at radius 1 is 1.17 bits per heavy atom. The van der Waals surface area contributed by atoms with E-state index in [2.05, 4.69) is 4.74 Å². The SMILES string of the molecule is OC1(c2ccccc2)OC1(F)F. The summed E-state index contributed by atoms with van der Waals surface area (Å²) in [6, 6.07) is 7.57. The maximum atomic E-state index is 12.4. The maximum absolute atomic E-state index is 12.4. The lowest BCUT2D eigenvalue weighted by atomic mass is 10.1. The van der Waals surface area contributed by atoms with Gasteiger partial charge >= 0.3 is 6.11 Å². The van der Waals surface area contributed by atoms with Gasteiger partial charge in [-0.1, -0.05) is 30.3 Å². The molecule has 4 heteroatoms. The first kappa shape index (κ1) is 7.64. The summed E-state index contributed by atoms with van der Waals surface area (Å²) in [5.41, 5.74) is 0.0787. The minimum Gasteiger partial charge on any atom is -0.355 e. The fourth-order valence-corrected chi connectivity index (χ4v) is 1.05. The Balaban J connectivity index is 2.35. The van der Waals surface area contributed by atoms with Gasteiger partial charge in [0.2, 0.25) is 0 Å². The van der Waals surface area contributed by atoms with Crippen LogP contribution in [0.4, 0.5) is 8.78 Å². The lowest BCUT2D eigenvalue weighted by Gasteiger charge is -2.02. The van der Waals surface area contributed by atoms with Crippen molar-refractivity contribution < 1.29 is 18.6 Å². The topological polar surface area (TPSA) is 32.8 Å². The normalized spacial score (nSPS) is 31.6. The van der Waals surface area contributed by atoms with E-state index in [1.807, 2.05) is 0 Å². The van der Waals surface area contributed by atoms with E-state index >= 15 is 0 Å². The van der Waals surface area contributed by atoms with Crippen LogP contribution < -0.4 is 0 Å². The number of rotatable bonds is 1. The van der Waals surface area contributed by atoms with Crippen molar-refractivity contribution in [3.05, 3.63) is 35.9 Å². The number of hydrogen-bond acceptors (Lipinski definition) is 2. The van der Waals surface area contributed by atoms with Crippen LogP contribution in [0, 0.1) is 0 Å². The number of ether oxygens (including phenoxy) is 1. The minimum absolute atomic E-state index is 0.0787. The number of hydrogen-bond donors (Lipinski definition) is 1. The highest BCUT2D eigenvalue weighted by molar-refractivity contribution is 5.25. The summed E-state index contributed by atoms with van der Waals surface area (Å²) in [4.78, 5) is 0. The smallest absolute Gasteiger partial charge is 0.355 e. The molecule has 2 rings (SSSR count). The van der Waals surface area contributed by atoms with Crippen molar-refractivity contribution in [2.24, 2.45) is 0 Å². The molecule has 1 atom stereocenters. The quantitative estimate of drug-likeness (QED) is 0.650. The van der Waals surface area contributed by atoms with E-state index in [0.29, 0.717) is 0 Å². The number of alkyl halides is 2. The minimum atomic E-state index is -3.44. The van der Waals surface area contributed by atoms with Crippen LogP contribution in [0.3, 0.4) is 0 Å². The molecule has 0 bridgehead atoms. The van der Waals surface area contributed by atoms with Gasteiger partial charge in [-0.3, -0.25) is 4.74 Å². The third kappa shape index (κ3) is 0.852. The first-order valence-electron chi connectivity index (χ1n) is 3.42. The Labute approximate surface area is 67.4 Å². The highest BCUT2D eigenvalue weighted by atomic mass is 19.3. The van der Waals surface area contributed by atoms with Gasteiger partial charge in [-0.15, -0.1) is 0 Å². The molecule has 1 aliphatic heterocycles. The van der Waals surface area contributed by atoms with E-state index in [9.17, 15) is 8.78 Å². The molecule has 12 heavy (non-hydrogen) atoms. The molecule has 1 heterocycles. The monoisotopic (exact) mass is 172 g/mol. The molecule has 1 aromatic rings. The number of benzene rings is 1. The molecule has 0 spiro atoms. The van der Waals surface area contributed by atoms with E-state index in [1.165, 1.54) is 12.1 Å². The molecule has 0 aliphatic carbocycles. The predicted molar refractivity (Wildman–Crippen MR) is 36.4 cm³/mol. The Hall–Kier alpha value is -1.00. The van der Waals surface area contributed by atoms with Gasteiger partial charge in [-0.05, 0) is 0 Å². The highest BCUT2D eigenvalue weighted by Crippen LogP contribution is 2.55. The summed E-state index contributed by atoms with van der Waals surface area (Å²) < 4.78 is 28.7. The van der Waals surface area contributed by atoms with Gasteiger partial charge in [-0.25, -0.2) is 0 Å². The van der Waals surface area contributed by atoms with Gasteiger partial charge in [-0.2, -0.15) is 8.78 Å². The van der Waals surface area contributed by atoms with Crippen LogP contribution in [-0.2, 0) is 10.5 Å². The lowest BCUT2D eigenvalue weighted by molar-refractivity contribution is -0.0122. The van der Waals surface area contributed by atoms with Gasteiger partial charge in [0, 0.05) is 5.56 Å². The van der Waals surface area contributed by atoms with Gasteiger partial charge in [0.1, 0.15) is 0 Å². The number of halogens is 2. The zero-order valence-electron chi connectivity index (χ0n) is 6.00. The molecule has 2 nitrogen and oxygen atoms in total. The van der Waals surface area contributed by atoms with Crippen LogP contribution >= 0.6 is 0 Å². The van der Waals surface area contributed by atoms with Crippen molar-refractivity contribution in [2.75, 3.05) is 0 Å². The molecular formula is C8H6F2O2. The van der Waals surface area contributed by atoms with Crippen LogP contribution in [0.15, 0.2) is 30.3 Å². The van der Waals surface area contributed by atoms with Gasteiger partial charge in [0.05, 0.1) is 0 Å². The molecule has 64 valence electrons. The lowest BCUT2D eigenvalue weighted by Crippen LogP contribution is -2.14. The van der Waals surface area contributed by atoms with Crippen LogP contribution in [-0.4, -0.2) is 11.2 Å². The van der Waals surface area contributed by atoms with E-state index in [1.54, 1.807) is 18.2 Å². The molecule has 1 aromatic carbocycles. The third-order valence-electron chi connectivity index (χ3n) is 1.79. The molecule has 0 saturated carbocycles. The zero-order chi connectivity index (χ0) is 8.82. The molecule has 1 unspecified atom stereocenters. The van der Waals surface area contributed by atoms with Crippen LogP contribution in [0.25, 0.3) is 0 Å². The molecule has 1 saturated heterocycles. The van der Waals surface area contributed by atoms with Gasteiger partial charge in [0.25, 0.3) is 5.79 Å². The van der Waals surface area contributed by atoms with E-state index in [4.69, 9.17) is 5.11 Å². The van der Waals surface area contributed by atoms with Crippen molar-refractivity contribution in [1.29, 1.82) is 0 Å². The third-order valence-corrected chi connectivity index (χ3v) is 1.79. The molecule has 0 radical (unpaired) electrons. The van der Waals surface area contributed by atoms with E-state index in [0.717, 1.165) is 0 Å². The zero-order valence-corrected chi connectivity index (χ0v) is 6.00. The fraction of sp³-hybridized carbons (Fsp3) is 0.250. The molecule has 0 amide bonds. The van der Waals surface area contributed by atoms with Gasteiger partial charge < -0.3 is 5.11 Å². The summed E-state index contributed by atoms with van der Waals surface area (Å²) in [5, 5.41) is 9.16. The molecule has 0 aromatic heterocycles. The Kier molecular flexibility index (Phi) is 1.29. The van der Waals surface area contributed by atoms with E-state index < -0.39 is 11.9 Å². The van der Waals surface area contributed by atoms with Gasteiger partial charge in [0.15, 0.2) is 0 Å². The van der Waals surface area contributed by atoms with Crippen LogP contribution in [0.1, 0.15) is 5.56 Å². The Bertz CT molecular complexity index is 299. The summed E-state index contributed by atoms with van der Waals surface area (Å²) in [6.07, 6.45) is -3.44. The predicted octanol–water partition coefficient (Wildman–Crippen LogP) is 1.45. The first-order valence-corrected chi connectivity index (χ1v) is 3.42. The summed E-state index contributed by atoms with van der Waals surface area (Å²) in [6.45, 7) is 0. The summed E-state index contributed by atoms with van der Waals surface area (Å²) in [7, 11) is 0. The second-order valence-corrected chi connectivity index (χ2v) is 2.63. The molecular weight excluding hydrogens is 166 g/mol. The van der Waals surface area contributed by atoms with Crippen molar-refractivity contribution in [3.63, 3.8) is 0 Å². The first-order chi connectivity index (χ1) is 5.56. The molecule has 1 N–H and O–H groups in total. The average Bonchev–Trinajstić information content (AvgIpc) is 2.55. The summed E-state index contributed by atoms with van der Waals surface area (Å²) in [5.74, 6) is -2.39. The van der Waals surface area contributed by atoms with Crippen molar-refractivity contribution >= 4 is 0 Å². The second-order valence-electron chi connectivity index (χ2n) is 2.63. The number of aliphatic hydroxyl groups is 1. The maximum Gasteiger partial charge on any atom is 0.417 e. The van der Waals surface area contributed by atoms with E-state index in [-0.39, 0.29) is 5.56 Å². The van der Waals surface area contributed by atoms with Crippen molar-refractivity contribution in [1.82, 2.24) is 0 Å². The molecule has 1 fully saturated rings. The second kappa shape index (κ2) is 2.02. The fourth-order valence-electron chi connectivity index (χ4n) is 1.05. The number of epoxide rings is 1. The largest absolute Gasteiger partial charge is 0.417 e. The molecule has 1 aliphatic rings. The van der Waals surface area contributed by atoms with Crippen molar-refractivity contribution in [3.8, 4) is 0 Å². The Morgan fingerprint density at radius 2 is 1.67 bits per heavy atom. The standard InChI is InChI=1S/C8H6F2O2/c9-8(10)7(11,12-8)6-4-2-1-3-5-6/h1-5,11H. The average molecular weight is 172 g/mol.